The Morgan fingerprint density at radius 2 is 1.41 bits per heavy atom. The third-order valence-corrected chi connectivity index (χ3v) is 6.43. The van der Waals surface area contributed by atoms with Crippen molar-refractivity contribution in [3.63, 3.8) is 0 Å². The lowest BCUT2D eigenvalue weighted by molar-refractivity contribution is 0.102. The van der Waals surface area contributed by atoms with Crippen LogP contribution in [0.15, 0.2) is 41.3 Å². The summed E-state index contributed by atoms with van der Waals surface area (Å²) in [7, 11) is 0. The van der Waals surface area contributed by atoms with Crippen molar-refractivity contribution in [2.45, 2.75) is 38.5 Å². The lowest BCUT2D eigenvalue weighted by Crippen LogP contribution is -2.34. The first-order valence-electron chi connectivity index (χ1n) is 12.4. The van der Waals surface area contributed by atoms with Crippen molar-refractivity contribution >= 4 is 47.5 Å². The maximum atomic E-state index is 14.9. The number of pyridine rings is 1. The molecule has 3 aromatic rings. The zero-order chi connectivity index (χ0) is 24.9. The summed E-state index contributed by atoms with van der Waals surface area (Å²) in [6.07, 6.45) is 8.22. The van der Waals surface area contributed by atoms with Crippen LogP contribution in [0.25, 0.3) is 0 Å². The molecular formula is C25H50ClFN12O2. The summed E-state index contributed by atoms with van der Waals surface area (Å²) < 4.78 is 14.9. The normalized spacial score (nSPS) is 14.1. The summed E-state index contributed by atoms with van der Waals surface area (Å²) >= 11 is 0. The van der Waals surface area contributed by atoms with Gasteiger partial charge >= 0.3 is 0 Å². The summed E-state index contributed by atoms with van der Waals surface area (Å²) in [5.41, 5.74) is -0.242. The van der Waals surface area contributed by atoms with Gasteiger partial charge in [-0.25, -0.2) is 4.39 Å². The molecule has 0 saturated carbocycles. The molecule has 0 radical (unpaired) electrons. The zero-order valence-corrected chi connectivity index (χ0v) is 24.0. The first-order chi connectivity index (χ1) is 17.6. The van der Waals surface area contributed by atoms with Crippen LogP contribution < -0.4 is 50.6 Å². The number of anilines is 5. The molecule has 2 fully saturated rings. The highest BCUT2D eigenvalue weighted by atomic mass is 35.5. The second kappa shape index (κ2) is 17.0. The summed E-state index contributed by atoms with van der Waals surface area (Å²) in [6.45, 7) is 3.60. The fraction of sp³-hybridized carbons (Fsp3) is 0.400. The molecule has 2 aliphatic rings. The molecule has 5 rings (SSSR count). The molecule has 1 amide bonds. The maximum absolute atomic E-state index is 14.9. The summed E-state index contributed by atoms with van der Waals surface area (Å²) in [5.74, 6) is 0.266. The largest absolute Gasteiger partial charge is 0.344 e. The van der Waals surface area contributed by atoms with Crippen molar-refractivity contribution in [1.82, 2.24) is 44.5 Å². The smallest absolute Gasteiger partial charge is 0.261 e. The number of amides is 1. The highest BCUT2D eigenvalue weighted by molar-refractivity contribution is 6.04. The van der Waals surface area contributed by atoms with E-state index in [1.807, 2.05) is 0 Å². The van der Waals surface area contributed by atoms with Gasteiger partial charge in [-0.05, 0) is 68.9 Å². The van der Waals surface area contributed by atoms with E-state index in [4.69, 9.17) is 4.98 Å². The highest BCUT2D eigenvalue weighted by Gasteiger charge is 2.21. The van der Waals surface area contributed by atoms with Gasteiger partial charge in [0.2, 0.25) is 17.8 Å². The zero-order valence-electron chi connectivity index (χ0n) is 23.2. The van der Waals surface area contributed by atoms with Crippen molar-refractivity contribution in [2.75, 3.05) is 46.6 Å². The van der Waals surface area contributed by atoms with Gasteiger partial charge in [-0.15, -0.1) is 12.4 Å². The van der Waals surface area contributed by atoms with Crippen LogP contribution in [-0.4, -0.2) is 52.0 Å². The number of carbonyl (C=O) groups excluding carboxylic acids is 1. The minimum Gasteiger partial charge on any atom is -0.344 e. The summed E-state index contributed by atoms with van der Waals surface area (Å²) in [4.78, 5) is 45.0. The molecule has 236 valence electrons. The van der Waals surface area contributed by atoms with Crippen molar-refractivity contribution in [3.8, 4) is 0 Å². The molecule has 0 unspecified atom stereocenters. The number of hydrogen-bond donors (Lipinski definition) is 7. The van der Waals surface area contributed by atoms with E-state index in [2.05, 4.69) is 35.4 Å². The summed E-state index contributed by atoms with van der Waals surface area (Å²) in [6, 6.07) is 7.23. The molecule has 41 heavy (non-hydrogen) atoms. The van der Waals surface area contributed by atoms with E-state index in [1.165, 1.54) is 43.3 Å². The highest BCUT2D eigenvalue weighted by Crippen LogP contribution is 2.26. The van der Waals surface area contributed by atoms with Crippen LogP contribution in [0.4, 0.5) is 33.6 Å². The molecule has 2 saturated heterocycles. The van der Waals surface area contributed by atoms with Crippen molar-refractivity contribution in [3.05, 3.63) is 58.3 Å². The number of nitrogens with one attached hydrogen (secondary N) is 3. The van der Waals surface area contributed by atoms with Crippen LogP contribution >= 0.6 is 12.4 Å². The molecule has 0 bridgehead atoms. The average Bonchev–Trinajstić information content (AvgIpc) is 2.91. The van der Waals surface area contributed by atoms with E-state index < -0.39 is 17.3 Å². The third-order valence-electron chi connectivity index (χ3n) is 6.43. The molecule has 4 heterocycles. The molecule has 15 N–H and O–H groups in total. The quantitative estimate of drug-likeness (QED) is 0.178. The van der Waals surface area contributed by atoms with Crippen molar-refractivity contribution in [1.29, 1.82) is 0 Å². The Labute approximate surface area is 250 Å². The number of hydrogen-bond acceptors (Lipinski definition) is 12. The molecular weight excluding hydrogens is 555 g/mol. The number of aromatic nitrogens is 4. The Balaban J connectivity index is -0.000000593. The first-order valence-corrected chi connectivity index (χ1v) is 12.4. The fourth-order valence-electron chi connectivity index (χ4n) is 4.49. The van der Waals surface area contributed by atoms with Crippen LogP contribution in [0.5, 0.6) is 0 Å². The van der Waals surface area contributed by atoms with Crippen LogP contribution in [0, 0.1) is 5.82 Å². The second-order valence-electron chi connectivity index (χ2n) is 9.04. The van der Waals surface area contributed by atoms with Gasteiger partial charge in [0.05, 0.1) is 5.69 Å². The Kier molecular flexibility index (Phi) is 15.4. The minimum atomic E-state index is -0.689. The number of halogens is 2. The predicted molar refractivity (Wildman–Crippen MR) is 172 cm³/mol. The van der Waals surface area contributed by atoms with E-state index in [1.54, 1.807) is 6.07 Å². The van der Waals surface area contributed by atoms with Crippen LogP contribution in [0.2, 0.25) is 0 Å². The number of benzene rings is 1. The summed E-state index contributed by atoms with van der Waals surface area (Å²) in [5, 5.41) is 5.55. The van der Waals surface area contributed by atoms with Crippen LogP contribution in [0.3, 0.4) is 0 Å². The van der Waals surface area contributed by atoms with Gasteiger partial charge in [0, 0.05) is 43.8 Å². The number of piperidine rings is 2. The SMILES string of the molecule is Cl.N.N.N.N.O=C(Nc1ccc(Nc2nc(N3CCCCC3)nc(N3CCCCC3)n2)cc1F)c1ccc[nH]c1=O.[HH].[HH].[HH].[HH]. The van der Waals surface area contributed by atoms with Gasteiger partial charge in [0.1, 0.15) is 11.4 Å². The Morgan fingerprint density at radius 1 is 0.854 bits per heavy atom. The number of H-pyrrole nitrogens is 1. The van der Waals surface area contributed by atoms with Gasteiger partial charge in [0.25, 0.3) is 11.5 Å². The first kappa shape index (κ1) is 37.1. The van der Waals surface area contributed by atoms with E-state index >= 15 is 0 Å². The fourth-order valence-corrected chi connectivity index (χ4v) is 4.49. The maximum Gasteiger partial charge on any atom is 0.261 e. The molecule has 2 aromatic heterocycles. The van der Waals surface area contributed by atoms with Gasteiger partial charge in [-0.3, -0.25) is 9.59 Å². The van der Waals surface area contributed by atoms with Gasteiger partial charge in [-0.1, -0.05) is 0 Å². The van der Waals surface area contributed by atoms with Crippen molar-refractivity contribution < 1.29 is 14.9 Å². The average molecular weight is 605 g/mol. The molecule has 14 nitrogen and oxygen atoms in total. The van der Waals surface area contributed by atoms with Gasteiger partial charge < -0.3 is 50.0 Å². The molecule has 2 aliphatic heterocycles. The Hall–Kier alpha value is -3.89. The van der Waals surface area contributed by atoms with E-state index in [0.717, 1.165) is 51.9 Å². The molecule has 0 atom stereocenters. The number of rotatable bonds is 6. The van der Waals surface area contributed by atoms with E-state index in [-0.39, 0.29) is 54.0 Å². The lowest BCUT2D eigenvalue weighted by atomic mass is 10.1. The molecule has 1 aromatic carbocycles. The molecule has 16 heteroatoms. The minimum absolute atomic E-state index is 0. The van der Waals surface area contributed by atoms with Crippen molar-refractivity contribution in [2.24, 2.45) is 0 Å². The van der Waals surface area contributed by atoms with Gasteiger partial charge in [0.15, 0.2) is 0 Å². The van der Waals surface area contributed by atoms with Crippen LogP contribution in [-0.2, 0) is 0 Å². The Morgan fingerprint density at radius 3 is 1.93 bits per heavy atom. The van der Waals surface area contributed by atoms with Crippen LogP contribution in [0.1, 0.15) is 54.6 Å². The standard InChI is InChI=1S/C25H29FN8O2.ClH.4H3N.4H2/c26-19-16-17(9-10-20(19)29-22(36)18-8-7-11-27-21(18)35)28-23-30-24(33-12-3-1-4-13-33)32-25(31-23)34-14-5-2-6-15-34;;;;;;;;;/h7-11,16H,1-6,12-15H2,(H,27,35)(H,29,36)(H,28,30,31,32);1H;4*1H3;4*1H. The molecule has 0 aliphatic carbocycles. The third kappa shape index (κ3) is 9.06. The predicted octanol–water partition coefficient (Wildman–Crippen LogP) is 5.73. The Bertz CT molecular complexity index is 1280. The van der Waals surface area contributed by atoms with Gasteiger partial charge in [-0.2, -0.15) is 15.0 Å². The number of carbonyl (C=O) groups is 1. The lowest BCUT2D eigenvalue weighted by Gasteiger charge is -2.30. The molecule has 0 spiro atoms. The topological polar surface area (TPSA) is 259 Å². The number of aromatic amines is 1. The monoisotopic (exact) mass is 604 g/mol. The number of nitrogens with zero attached hydrogens (tertiary/aromatic N) is 5. The second-order valence-corrected chi connectivity index (χ2v) is 9.04. The van der Waals surface area contributed by atoms with E-state index in [0.29, 0.717) is 23.5 Å². The van der Waals surface area contributed by atoms with E-state index in [9.17, 15) is 14.0 Å².